The average Bonchev–Trinajstić information content (AvgIpc) is 3.23. The van der Waals surface area contributed by atoms with Gasteiger partial charge in [-0.3, -0.25) is 0 Å². The number of hydrogen-bond donors (Lipinski definition) is 1. The van der Waals surface area contributed by atoms with Gasteiger partial charge in [0.25, 0.3) is 5.92 Å². The summed E-state index contributed by atoms with van der Waals surface area (Å²) in [6, 6.07) is 6.61. The second-order valence-corrected chi connectivity index (χ2v) is 9.45. The Hall–Kier alpha value is -2.69. The molecule has 0 bridgehead atoms. The summed E-state index contributed by atoms with van der Waals surface area (Å²) in [5, 5.41) is 8.29. The fourth-order valence-electron chi connectivity index (χ4n) is 3.41. The first-order valence-electron chi connectivity index (χ1n) is 9.52. The van der Waals surface area contributed by atoms with E-state index >= 15 is 0 Å². The molecule has 4 rings (SSSR count). The quantitative estimate of drug-likeness (QED) is 0.628. The van der Waals surface area contributed by atoms with Crippen LogP contribution >= 0.6 is 0 Å². The molecule has 0 atom stereocenters. The Morgan fingerprint density at radius 2 is 1.90 bits per heavy atom. The van der Waals surface area contributed by atoms with E-state index in [0.717, 1.165) is 0 Å². The van der Waals surface area contributed by atoms with E-state index in [9.17, 15) is 17.2 Å². The van der Waals surface area contributed by atoms with Gasteiger partial charge in [0, 0.05) is 18.4 Å². The van der Waals surface area contributed by atoms with Crippen molar-refractivity contribution in [3.05, 3.63) is 35.7 Å². The topological polar surface area (TPSA) is 93.9 Å². The number of rotatable bonds is 4. The van der Waals surface area contributed by atoms with Crippen LogP contribution in [0.1, 0.15) is 38.6 Å². The van der Waals surface area contributed by atoms with E-state index in [0.29, 0.717) is 28.4 Å². The second kappa shape index (κ2) is 7.22. The highest BCUT2D eigenvalue weighted by atomic mass is 32.2. The lowest BCUT2D eigenvalue weighted by molar-refractivity contribution is 0.0257. The first-order valence-corrected chi connectivity index (χ1v) is 10.7. The maximum absolute atomic E-state index is 13.8. The number of halogens is 2. The van der Waals surface area contributed by atoms with Gasteiger partial charge in [-0.05, 0) is 11.6 Å². The standard InChI is InChI=1S/C19H22F2N6O2S/c1-18(2,3)17-22-15(26-9-8-19(20,21)11-26)14-16(23-17)27(25-24-14)10-12-6-4-5-7-13(12)30(28)29/h4-7,30H,8-11H2,1-3H3. The van der Waals surface area contributed by atoms with Crippen molar-refractivity contribution < 1.29 is 17.2 Å². The largest absolute Gasteiger partial charge is 0.348 e. The molecule has 3 heterocycles. The van der Waals surface area contributed by atoms with Crippen molar-refractivity contribution in [1.82, 2.24) is 25.0 Å². The molecule has 1 aliphatic heterocycles. The first kappa shape index (κ1) is 20.6. The number of nitrogens with zero attached hydrogens (tertiary/aromatic N) is 6. The second-order valence-electron chi connectivity index (χ2n) is 8.45. The number of thiol groups is 1. The molecule has 30 heavy (non-hydrogen) atoms. The van der Waals surface area contributed by atoms with Crippen molar-refractivity contribution in [2.75, 3.05) is 18.0 Å². The van der Waals surface area contributed by atoms with Gasteiger partial charge in [0.1, 0.15) is 5.82 Å². The third-order valence-electron chi connectivity index (χ3n) is 4.99. The number of fused-ring (bicyclic) bond motifs is 1. The molecular weight excluding hydrogens is 414 g/mol. The van der Waals surface area contributed by atoms with E-state index in [1.54, 1.807) is 18.2 Å². The summed E-state index contributed by atoms with van der Waals surface area (Å²) in [4.78, 5) is 10.9. The van der Waals surface area contributed by atoms with Crippen LogP contribution in [0.2, 0.25) is 0 Å². The Morgan fingerprint density at radius 1 is 1.17 bits per heavy atom. The smallest absolute Gasteiger partial charge is 0.266 e. The molecule has 0 N–H and O–H groups in total. The minimum atomic E-state index is -2.78. The van der Waals surface area contributed by atoms with Crippen molar-refractivity contribution in [3.63, 3.8) is 0 Å². The van der Waals surface area contributed by atoms with Gasteiger partial charge in [0.05, 0.1) is 18.0 Å². The molecule has 1 aliphatic rings. The van der Waals surface area contributed by atoms with Crippen LogP contribution in [-0.4, -0.2) is 52.4 Å². The fourth-order valence-corrected chi connectivity index (χ4v) is 3.99. The molecule has 8 nitrogen and oxygen atoms in total. The maximum atomic E-state index is 13.8. The summed E-state index contributed by atoms with van der Waals surface area (Å²) in [6.07, 6.45) is -0.249. The highest BCUT2D eigenvalue weighted by Crippen LogP contribution is 2.34. The molecule has 0 saturated carbocycles. The third-order valence-corrected chi connectivity index (χ3v) is 5.82. The number of anilines is 1. The summed E-state index contributed by atoms with van der Waals surface area (Å²) in [5.74, 6) is -1.98. The van der Waals surface area contributed by atoms with Gasteiger partial charge in [-0.1, -0.05) is 44.2 Å². The average molecular weight is 436 g/mol. The minimum absolute atomic E-state index is 0.131. The predicted octanol–water partition coefficient (Wildman–Crippen LogP) is 2.38. The van der Waals surface area contributed by atoms with Gasteiger partial charge < -0.3 is 4.90 Å². The normalized spacial score (nSPS) is 16.7. The highest BCUT2D eigenvalue weighted by molar-refractivity contribution is 7.72. The number of benzene rings is 1. The fraction of sp³-hybridized carbons (Fsp3) is 0.474. The third kappa shape index (κ3) is 3.85. The van der Waals surface area contributed by atoms with Crippen LogP contribution in [0.15, 0.2) is 29.2 Å². The van der Waals surface area contributed by atoms with Crippen LogP contribution < -0.4 is 4.90 Å². The summed E-state index contributed by atoms with van der Waals surface area (Å²) in [6.45, 7) is 5.66. The van der Waals surface area contributed by atoms with E-state index in [4.69, 9.17) is 0 Å². The minimum Gasteiger partial charge on any atom is -0.348 e. The molecule has 0 radical (unpaired) electrons. The van der Waals surface area contributed by atoms with Crippen LogP contribution in [0.25, 0.3) is 11.2 Å². The number of aromatic nitrogens is 5. The summed E-state index contributed by atoms with van der Waals surface area (Å²) in [5.41, 5.74) is 0.822. The molecule has 0 unspecified atom stereocenters. The molecular formula is C19H22F2N6O2S. The van der Waals surface area contributed by atoms with E-state index in [-0.39, 0.29) is 24.4 Å². The van der Waals surface area contributed by atoms with Crippen LogP contribution in [0, 0.1) is 0 Å². The predicted molar refractivity (Wildman–Crippen MR) is 108 cm³/mol. The highest BCUT2D eigenvalue weighted by Gasteiger charge is 2.40. The van der Waals surface area contributed by atoms with Crippen molar-refractivity contribution in [1.29, 1.82) is 0 Å². The number of alkyl halides is 2. The van der Waals surface area contributed by atoms with Gasteiger partial charge in [-0.15, -0.1) is 5.10 Å². The molecule has 0 aliphatic carbocycles. The Balaban J connectivity index is 1.85. The molecule has 3 aromatic rings. The van der Waals surface area contributed by atoms with Crippen LogP contribution in [0.4, 0.5) is 14.6 Å². The zero-order chi connectivity index (χ0) is 21.7. The molecule has 11 heteroatoms. The van der Waals surface area contributed by atoms with E-state index in [2.05, 4.69) is 20.3 Å². The van der Waals surface area contributed by atoms with Gasteiger partial charge in [0.2, 0.25) is 0 Å². The molecule has 2 aromatic heterocycles. The van der Waals surface area contributed by atoms with E-state index < -0.39 is 28.6 Å². The van der Waals surface area contributed by atoms with Crippen molar-refractivity contribution in [3.8, 4) is 0 Å². The molecule has 1 fully saturated rings. The Bertz CT molecular complexity index is 1180. The summed E-state index contributed by atoms with van der Waals surface area (Å²) < 4.78 is 52.3. The van der Waals surface area contributed by atoms with E-state index in [1.807, 2.05) is 20.8 Å². The lowest BCUT2D eigenvalue weighted by atomic mass is 9.96. The van der Waals surface area contributed by atoms with Gasteiger partial charge in [-0.2, -0.15) is 0 Å². The number of hydrogen-bond acceptors (Lipinski definition) is 7. The molecule has 1 aromatic carbocycles. The van der Waals surface area contributed by atoms with Crippen molar-refractivity contribution in [2.24, 2.45) is 0 Å². The Labute approximate surface area is 173 Å². The molecule has 1 saturated heterocycles. The van der Waals surface area contributed by atoms with Gasteiger partial charge in [0.15, 0.2) is 27.7 Å². The lowest BCUT2D eigenvalue weighted by Crippen LogP contribution is -2.27. The lowest BCUT2D eigenvalue weighted by Gasteiger charge is -2.22. The Kier molecular flexibility index (Phi) is 4.95. The molecule has 0 spiro atoms. The summed E-state index contributed by atoms with van der Waals surface area (Å²) >= 11 is 0. The molecule has 0 amide bonds. The first-order chi connectivity index (χ1) is 14.0. The van der Waals surface area contributed by atoms with E-state index in [1.165, 1.54) is 15.6 Å². The Morgan fingerprint density at radius 3 is 2.53 bits per heavy atom. The molecule has 160 valence electrons. The van der Waals surface area contributed by atoms with Gasteiger partial charge >= 0.3 is 0 Å². The van der Waals surface area contributed by atoms with Crippen LogP contribution in [0.3, 0.4) is 0 Å². The van der Waals surface area contributed by atoms with Crippen LogP contribution in [0.5, 0.6) is 0 Å². The van der Waals surface area contributed by atoms with Gasteiger partial charge in [-0.25, -0.2) is 31.8 Å². The van der Waals surface area contributed by atoms with Crippen molar-refractivity contribution in [2.45, 2.75) is 50.0 Å². The van der Waals surface area contributed by atoms with Crippen molar-refractivity contribution >= 4 is 27.7 Å². The maximum Gasteiger partial charge on any atom is 0.266 e. The zero-order valence-electron chi connectivity index (χ0n) is 16.8. The zero-order valence-corrected chi connectivity index (χ0v) is 17.7. The monoisotopic (exact) mass is 436 g/mol. The van der Waals surface area contributed by atoms with Crippen LogP contribution in [-0.2, 0) is 22.7 Å². The SMILES string of the molecule is CC(C)(C)c1nc(N2CCC(F)(F)C2)c2nnn(Cc3ccccc3[SH](=O)=O)c2n1. The summed E-state index contributed by atoms with van der Waals surface area (Å²) in [7, 11) is -2.78.